The van der Waals surface area contributed by atoms with E-state index in [0.29, 0.717) is 17.9 Å². The molecule has 0 radical (unpaired) electrons. The summed E-state index contributed by atoms with van der Waals surface area (Å²) in [5.74, 6) is 0.457. The Morgan fingerprint density at radius 1 is 1.09 bits per heavy atom. The average molecular weight is 488 g/mol. The van der Waals surface area contributed by atoms with Crippen molar-refractivity contribution in [2.75, 3.05) is 6.61 Å². The molecule has 0 aliphatic heterocycles. The number of sulfonamides is 1. The third-order valence-corrected chi connectivity index (χ3v) is 7.11. The van der Waals surface area contributed by atoms with Crippen LogP contribution in [0.1, 0.15) is 37.6 Å². The number of amides is 1. The van der Waals surface area contributed by atoms with Crippen LogP contribution in [0.4, 0.5) is 0 Å². The number of carbonyl (C=O) groups excluding carboxylic acids is 1. The molecule has 0 atom stereocenters. The zero-order valence-electron chi connectivity index (χ0n) is 19.0. The van der Waals surface area contributed by atoms with E-state index in [9.17, 15) is 13.2 Å². The quantitative estimate of drug-likeness (QED) is 0.428. The van der Waals surface area contributed by atoms with Crippen molar-refractivity contribution in [1.82, 2.24) is 15.0 Å². The molecule has 3 rings (SSSR count). The van der Waals surface area contributed by atoms with Crippen molar-refractivity contribution in [2.45, 2.75) is 45.5 Å². The monoisotopic (exact) mass is 487 g/mol. The molecule has 3 aromatic rings. The first-order chi connectivity index (χ1) is 15.8. The average Bonchev–Trinajstić information content (AvgIpc) is 3.20. The predicted molar refractivity (Wildman–Crippen MR) is 132 cm³/mol. The van der Waals surface area contributed by atoms with Gasteiger partial charge in [0, 0.05) is 18.0 Å². The van der Waals surface area contributed by atoms with Gasteiger partial charge in [0.25, 0.3) is 0 Å². The largest absolute Gasteiger partial charge is 0.493 e. The van der Waals surface area contributed by atoms with Gasteiger partial charge in [0.15, 0.2) is 0 Å². The maximum atomic E-state index is 12.5. The highest BCUT2D eigenvalue weighted by Crippen LogP contribution is 2.32. The minimum absolute atomic E-state index is 0.133. The number of benzene rings is 2. The summed E-state index contributed by atoms with van der Waals surface area (Å²) in [5.41, 5.74) is 3.01. The molecule has 0 unspecified atom stereocenters. The summed E-state index contributed by atoms with van der Waals surface area (Å²) < 4.78 is 32.9. The van der Waals surface area contributed by atoms with Gasteiger partial charge in [-0.3, -0.25) is 4.79 Å². The molecule has 0 saturated carbocycles. The van der Waals surface area contributed by atoms with E-state index in [1.165, 1.54) is 11.3 Å². The maximum Gasteiger partial charge on any atom is 0.226 e. The number of hydrogen-bond donors (Lipinski definition) is 2. The van der Waals surface area contributed by atoms with Crippen molar-refractivity contribution in [3.63, 3.8) is 0 Å². The Labute approximate surface area is 199 Å². The highest BCUT2D eigenvalue weighted by atomic mass is 32.2. The van der Waals surface area contributed by atoms with Gasteiger partial charge in [0.2, 0.25) is 15.9 Å². The Hall–Kier alpha value is -2.75. The molecule has 0 aliphatic carbocycles. The third-order valence-electron chi connectivity index (χ3n) is 4.67. The molecule has 1 heterocycles. The van der Waals surface area contributed by atoms with Gasteiger partial charge in [-0.15, -0.1) is 11.3 Å². The van der Waals surface area contributed by atoms with Crippen LogP contribution in [0.2, 0.25) is 0 Å². The minimum Gasteiger partial charge on any atom is -0.493 e. The fourth-order valence-electron chi connectivity index (χ4n) is 3.33. The van der Waals surface area contributed by atoms with Crippen LogP contribution in [-0.4, -0.2) is 32.0 Å². The zero-order valence-corrected chi connectivity index (χ0v) is 20.6. The SMILES string of the molecule is CCOc1ccccc1-c1nc(CC(=O)NCc2ccccc2CS(=O)(=O)NC(C)C)cs1. The van der Waals surface area contributed by atoms with E-state index < -0.39 is 10.0 Å². The summed E-state index contributed by atoms with van der Waals surface area (Å²) >= 11 is 1.47. The van der Waals surface area contributed by atoms with Crippen molar-refractivity contribution in [3.05, 3.63) is 70.7 Å². The van der Waals surface area contributed by atoms with E-state index in [-0.39, 0.29) is 30.7 Å². The molecule has 0 fully saturated rings. The van der Waals surface area contributed by atoms with Crippen molar-refractivity contribution < 1.29 is 17.9 Å². The maximum absolute atomic E-state index is 12.5. The van der Waals surface area contributed by atoms with Crippen molar-refractivity contribution in [3.8, 4) is 16.3 Å². The number of nitrogens with zero attached hydrogens (tertiary/aromatic N) is 1. The molecule has 0 aliphatic rings. The van der Waals surface area contributed by atoms with Gasteiger partial charge < -0.3 is 10.1 Å². The van der Waals surface area contributed by atoms with Crippen LogP contribution in [0.15, 0.2) is 53.9 Å². The lowest BCUT2D eigenvalue weighted by Crippen LogP contribution is -2.32. The number of nitrogens with one attached hydrogen (secondary N) is 2. The molecule has 0 bridgehead atoms. The number of aromatic nitrogens is 1. The van der Waals surface area contributed by atoms with Crippen molar-refractivity contribution in [1.29, 1.82) is 0 Å². The number of carbonyl (C=O) groups is 1. The Balaban J connectivity index is 1.62. The second-order valence-electron chi connectivity index (χ2n) is 7.83. The summed E-state index contributed by atoms with van der Waals surface area (Å²) in [6, 6.07) is 14.7. The lowest BCUT2D eigenvalue weighted by Gasteiger charge is -2.13. The van der Waals surface area contributed by atoms with E-state index >= 15 is 0 Å². The van der Waals surface area contributed by atoms with Gasteiger partial charge in [0.05, 0.1) is 30.0 Å². The molecule has 2 N–H and O–H groups in total. The van der Waals surface area contributed by atoms with Crippen LogP contribution in [0, 0.1) is 0 Å². The smallest absolute Gasteiger partial charge is 0.226 e. The second kappa shape index (κ2) is 11.4. The summed E-state index contributed by atoms with van der Waals surface area (Å²) in [7, 11) is -3.46. The summed E-state index contributed by atoms with van der Waals surface area (Å²) in [5, 5.41) is 5.55. The Morgan fingerprint density at radius 3 is 2.52 bits per heavy atom. The van der Waals surface area contributed by atoms with E-state index in [2.05, 4.69) is 15.0 Å². The number of rotatable bonds is 11. The normalized spacial score (nSPS) is 11.5. The lowest BCUT2D eigenvalue weighted by molar-refractivity contribution is -0.120. The van der Waals surface area contributed by atoms with Gasteiger partial charge in [0.1, 0.15) is 10.8 Å². The zero-order chi connectivity index (χ0) is 23.8. The fraction of sp³-hybridized carbons (Fsp3) is 0.333. The fourth-order valence-corrected chi connectivity index (χ4v) is 5.68. The number of hydrogen-bond acceptors (Lipinski definition) is 6. The summed E-state index contributed by atoms with van der Waals surface area (Å²) in [6.45, 7) is 6.30. The van der Waals surface area contributed by atoms with E-state index in [0.717, 1.165) is 21.9 Å². The van der Waals surface area contributed by atoms with Gasteiger partial charge in [-0.05, 0) is 44.0 Å². The molecule has 2 aromatic carbocycles. The molecule has 33 heavy (non-hydrogen) atoms. The number of para-hydroxylation sites is 1. The Kier molecular flexibility index (Phi) is 8.60. The number of ether oxygens (including phenoxy) is 1. The molecule has 176 valence electrons. The van der Waals surface area contributed by atoms with Crippen LogP contribution in [0.25, 0.3) is 10.6 Å². The first kappa shape index (κ1) is 24.9. The van der Waals surface area contributed by atoms with Gasteiger partial charge in [-0.1, -0.05) is 36.4 Å². The van der Waals surface area contributed by atoms with Crippen molar-refractivity contribution in [2.24, 2.45) is 0 Å². The molecule has 1 amide bonds. The molecule has 1 aromatic heterocycles. The van der Waals surface area contributed by atoms with Crippen LogP contribution in [-0.2, 0) is 33.5 Å². The van der Waals surface area contributed by atoms with Crippen LogP contribution < -0.4 is 14.8 Å². The van der Waals surface area contributed by atoms with Crippen LogP contribution >= 0.6 is 11.3 Å². The van der Waals surface area contributed by atoms with E-state index in [1.54, 1.807) is 26.0 Å². The van der Waals surface area contributed by atoms with Crippen LogP contribution in [0.3, 0.4) is 0 Å². The highest BCUT2D eigenvalue weighted by molar-refractivity contribution is 7.88. The van der Waals surface area contributed by atoms with Crippen LogP contribution in [0.5, 0.6) is 5.75 Å². The minimum atomic E-state index is -3.46. The molecule has 7 nitrogen and oxygen atoms in total. The molecular formula is C24H29N3O4S2. The first-order valence-corrected chi connectivity index (χ1v) is 13.3. The summed E-state index contributed by atoms with van der Waals surface area (Å²) in [4.78, 5) is 17.1. The van der Waals surface area contributed by atoms with Gasteiger partial charge in [-0.2, -0.15) is 0 Å². The summed E-state index contributed by atoms with van der Waals surface area (Å²) in [6.07, 6.45) is 0.142. The third kappa shape index (κ3) is 7.38. The number of thiazole rings is 1. The standard InChI is InChI=1S/C24H29N3O4S2/c1-4-31-22-12-8-7-11-21(22)24-26-20(15-32-24)13-23(28)25-14-18-9-5-6-10-19(18)16-33(29,30)27-17(2)3/h5-12,15,17,27H,4,13-14,16H2,1-3H3,(H,25,28). The van der Waals surface area contributed by atoms with Gasteiger partial charge in [-0.25, -0.2) is 18.1 Å². The molecule has 0 spiro atoms. The second-order valence-corrected chi connectivity index (χ2v) is 10.4. The Bertz CT molecular complexity index is 1190. The predicted octanol–water partition coefficient (Wildman–Crippen LogP) is 3.90. The lowest BCUT2D eigenvalue weighted by atomic mass is 10.1. The molecule has 0 saturated heterocycles. The topological polar surface area (TPSA) is 97.4 Å². The first-order valence-electron chi connectivity index (χ1n) is 10.8. The van der Waals surface area contributed by atoms with E-state index in [4.69, 9.17) is 4.74 Å². The molecular weight excluding hydrogens is 458 g/mol. The molecule has 9 heteroatoms. The van der Waals surface area contributed by atoms with Gasteiger partial charge >= 0.3 is 0 Å². The Morgan fingerprint density at radius 2 is 1.79 bits per heavy atom. The van der Waals surface area contributed by atoms with Crippen molar-refractivity contribution >= 4 is 27.3 Å². The highest BCUT2D eigenvalue weighted by Gasteiger charge is 2.16. The van der Waals surface area contributed by atoms with E-state index in [1.807, 2.05) is 48.7 Å².